The molecule has 88 valence electrons. The molecule has 1 heterocycles. The number of rotatable bonds is 2. The number of halogens is 1. The van der Waals surface area contributed by atoms with Crippen molar-refractivity contribution in [3.8, 4) is 0 Å². The van der Waals surface area contributed by atoms with Gasteiger partial charge >= 0.3 is 0 Å². The Morgan fingerprint density at radius 2 is 1.94 bits per heavy atom. The summed E-state index contributed by atoms with van der Waals surface area (Å²) in [5.74, 6) is 1.59. The van der Waals surface area contributed by atoms with Crippen molar-refractivity contribution < 1.29 is 0 Å². The predicted octanol–water partition coefficient (Wildman–Crippen LogP) is 3.01. The molecular weight excluding hydrogens is 220 g/mol. The van der Waals surface area contributed by atoms with Crippen molar-refractivity contribution in [2.24, 2.45) is 11.8 Å². The molecule has 0 aromatic heterocycles. The zero-order valence-electron chi connectivity index (χ0n) is 9.91. The highest BCUT2D eigenvalue weighted by atomic mass is 35.5. The highest BCUT2D eigenvalue weighted by molar-refractivity contribution is 6.33. The van der Waals surface area contributed by atoms with E-state index in [2.05, 4.69) is 24.8 Å². The largest absolute Gasteiger partial charge is 0.398 e. The molecule has 1 fully saturated rings. The van der Waals surface area contributed by atoms with E-state index in [4.69, 9.17) is 17.3 Å². The summed E-state index contributed by atoms with van der Waals surface area (Å²) in [7, 11) is 0. The Morgan fingerprint density at radius 1 is 1.31 bits per heavy atom. The van der Waals surface area contributed by atoms with Gasteiger partial charge in [0.1, 0.15) is 0 Å². The van der Waals surface area contributed by atoms with E-state index in [9.17, 15) is 0 Å². The smallest absolute Gasteiger partial charge is 0.0638 e. The molecule has 16 heavy (non-hydrogen) atoms. The fourth-order valence-electron chi connectivity index (χ4n) is 2.31. The summed E-state index contributed by atoms with van der Waals surface area (Å²) in [6.45, 7) is 7.99. The number of anilines is 1. The minimum absolute atomic E-state index is 0.661. The van der Waals surface area contributed by atoms with Crippen molar-refractivity contribution in [2.75, 3.05) is 18.8 Å². The Labute approximate surface area is 102 Å². The molecule has 0 aliphatic carbocycles. The van der Waals surface area contributed by atoms with Gasteiger partial charge in [-0.3, -0.25) is 4.90 Å². The van der Waals surface area contributed by atoms with Crippen molar-refractivity contribution >= 4 is 17.3 Å². The van der Waals surface area contributed by atoms with E-state index in [0.717, 1.165) is 18.4 Å². The normalized spacial score (nSPS) is 26.2. The van der Waals surface area contributed by atoms with Gasteiger partial charge in [0.15, 0.2) is 0 Å². The molecule has 2 N–H and O–H groups in total. The molecule has 0 bridgehead atoms. The van der Waals surface area contributed by atoms with Crippen LogP contribution in [0.2, 0.25) is 5.02 Å². The summed E-state index contributed by atoms with van der Waals surface area (Å²) < 4.78 is 0. The van der Waals surface area contributed by atoms with Crippen LogP contribution in [0.5, 0.6) is 0 Å². The molecule has 2 unspecified atom stereocenters. The average molecular weight is 239 g/mol. The van der Waals surface area contributed by atoms with E-state index in [0.29, 0.717) is 10.7 Å². The second-order valence-electron chi connectivity index (χ2n) is 5.00. The SMILES string of the molecule is CC1CN(Cc2ccc(N)c(Cl)c2)CC1C. The van der Waals surface area contributed by atoms with E-state index in [1.807, 2.05) is 12.1 Å². The molecule has 1 aromatic carbocycles. The van der Waals surface area contributed by atoms with Crippen LogP contribution in [0.1, 0.15) is 19.4 Å². The summed E-state index contributed by atoms with van der Waals surface area (Å²) in [5, 5.41) is 0.665. The molecule has 0 radical (unpaired) electrons. The molecule has 1 aliphatic rings. The Balaban J connectivity index is 2.02. The van der Waals surface area contributed by atoms with E-state index in [1.54, 1.807) is 0 Å². The van der Waals surface area contributed by atoms with Gasteiger partial charge in [0.2, 0.25) is 0 Å². The summed E-state index contributed by atoms with van der Waals surface area (Å²) in [4.78, 5) is 2.48. The monoisotopic (exact) mass is 238 g/mol. The van der Waals surface area contributed by atoms with Crippen LogP contribution in [0.25, 0.3) is 0 Å². The van der Waals surface area contributed by atoms with Gasteiger partial charge in [-0.25, -0.2) is 0 Å². The number of hydrogen-bond donors (Lipinski definition) is 1. The fraction of sp³-hybridized carbons (Fsp3) is 0.538. The molecule has 0 spiro atoms. The van der Waals surface area contributed by atoms with Crippen molar-refractivity contribution in [2.45, 2.75) is 20.4 Å². The molecule has 2 atom stereocenters. The topological polar surface area (TPSA) is 29.3 Å². The van der Waals surface area contributed by atoms with Gasteiger partial charge in [-0.15, -0.1) is 0 Å². The average Bonchev–Trinajstić information content (AvgIpc) is 2.52. The van der Waals surface area contributed by atoms with Crippen molar-refractivity contribution in [1.82, 2.24) is 4.90 Å². The lowest BCUT2D eigenvalue weighted by molar-refractivity contribution is 0.316. The van der Waals surface area contributed by atoms with E-state index in [-0.39, 0.29) is 0 Å². The zero-order chi connectivity index (χ0) is 11.7. The Bertz CT molecular complexity index is 368. The number of benzene rings is 1. The minimum Gasteiger partial charge on any atom is -0.398 e. The molecule has 0 saturated carbocycles. The van der Waals surface area contributed by atoms with Gasteiger partial charge in [-0.2, -0.15) is 0 Å². The third-order valence-corrected chi connectivity index (χ3v) is 3.86. The van der Waals surface area contributed by atoms with Crippen LogP contribution in [-0.2, 0) is 6.54 Å². The van der Waals surface area contributed by atoms with Gasteiger partial charge in [-0.1, -0.05) is 31.5 Å². The Kier molecular flexibility index (Phi) is 3.41. The second kappa shape index (κ2) is 4.64. The van der Waals surface area contributed by atoms with Crippen LogP contribution in [0.4, 0.5) is 5.69 Å². The maximum atomic E-state index is 6.01. The first-order valence-corrected chi connectivity index (χ1v) is 6.20. The number of nitrogens with zero attached hydrogens (tertiary/aromatic N) is 1. The molecule has 3 heteroatoms. The van der Waals surface area contributed by atoms with Crippen LogP contribution >= 0.6 is 11.6 Å². The standard InChI is InChI=1S/C13H19ClN2/c1-9-6-16(7-10(9)2)8-11-3-4-13(15)12(14)5-11/h3-5,9-10H,6-8,15H2,1-2H3. The van der Waals surface area contributed by atoms with Crippen LogP contribution in [-0.4, -0.2) is 18.0 Å². The predicted molar refractivity (Wildman–Crippen MR) is 69.5 cm³/mol. The summed E-state index contributed by atoms with van der Waals surface area (Å²) >= 11 is 6.01. The third kappa shape index (κ3) is 2.50. The van der Waals surface area contributed by atoms with E-state index >= 15 is 0 Å². The third-order valence-electron chi connectivity index (χ3n) is 3.53. The van der Waals surface area contributed by atoms with Gasteiger partial charge in [0.05, 0.1) is 10.7 Å². The number of likely N-dealkylation sites (tertiary alicyclic amines) is 1. The van der Waals surface area contributed by atoms with E-state index in [1.165, 1.54) is 18.7 Å². The van der Waals surface area contributed by atoms with Crippen LogP contribution in [0.15, 0.2) is 18.2 Å². The fourth-order valence-corrected chi connectivity index (χ4v) is 2.51. The zero-order valence-corrected chi connectivity index (χ0v) is 10.7. The van der Waals surface area contributed by atoms with Crippen LogP contribution in [0.3, 0.4) is 0 Å². The quantitative estimate of drug-likeness (QED) is 0.803. The second-order valence-corrected chi connectivity index (χ2v) is 5.41. The highest BCUT2D eigenvalue weighted by Crippen LogP contribution is 2.25. The minimum atomic E-state index is 0.661. The number of hydrogen-bond acceptors (Lipinski definition) is 2. The summed E-state index contributed by atoms with van der Waals surface area (Å²) in [6, 6.07) is 5.93. The van der Waals surface area contributed by atoms with Crippen molar-refractivity contribution in [1.29, 1.82) is 0 Å². The molecule has 2 nitrogen and oxygen atoms in total. The molecule has 1 aliphatic heterocycles. The molecule has 1 saturated heterocycles. The van der Waals surface area contributed by atoms with Gasteiger partial charge in [-0.05, 0) is 29.5 Å². The molecule has 0 amide bonds. The lowest BCUT2D eigenvalue weighted by atomic mass is 10.0. The summed E-state index contributed by atoms with van der Waals surface area (Å²) in [5.41, 5.74) is 7.61. The van der Waals surface area contributed by atoms with Crippen LogP contribution < -0.4 is 5.73 Å². The Morgan fingerprint density at radius 3 is 2.50 bits per heavy atom. The van der Waals surface area contributed by atoms with Gasteiger partial charge < -0.3 is 5.73 Å². The lowest BCUT2D eigenvalue weighted by Gasteiger charge is -2.15. The van der Waals surface area contributed by atoms with Crippen LogP contribution in [0, 0.1) is 11.8 Å². The Hall–Kier alpha value is -0.730. The first-order chi connectivity index (χ1) is 7.56. The molecular formula is C13H19ClN2. The van der Waals surface area contributed by atoms with Crippen molar-refractivity contribution in [3.63, 3.8) is 0 Å². The maximum Gasteiger partial charge on any atom is 0.0638 e. The van der Waals surface area contributed by atoms with Gasteiger partial charge in [0.25, 0.3) is 0 Å². The summed E-state index contributed by atoms with van der Waals surface area (Å²) in [6.07, 6.45) is 0. The first kappa shape index (κ1) is 11.7. The lowest BCUT2D eigenvalue weighted by Crippen LogP contribution is -2.20. The number of nitrogens with two attached hydrogens (primary N) is 1. The molecule has 1 aromatic rings. The van der Waals surface area contributed by atoms with Crippen molar-refractivity contribution in [3.05, 3.63) is 28.8 Å². The van der Waals surface area contributed by atoms with Gasteiger partial charge in [0, 0.05) is 19.6 Å². The molecule has 2 rings (SSSR count). The highest BCUT2D eigenvalue weighted by Gasteiger charge is 2.25. The first-order valence-electron chi connectivity index (χ1n) is 5.82. The maximum absolute atomic E-state index is 6.01. The van der Waals surface area contributed by atoms with E-state index < -0.39 is 0 Å². The number of nitrogen functional groups attached to an aromatic ring is 1.